The number of methoxy groups -OCH3 is 1. The summed E-state index contributed by atoms with van der Waals surface area (Å²) in [6.07, 6.45) is 2.09. The van der Waals surface area contributed by atoms with Crippen molar-refractivity contribution in [3.05, 3.63) is 57.0 Å². The molecule has 1 aromatic carbocycles. The molecule has 2 N–H and O–H groups in total. The number of ether oxygens (including phenoxy) is 1. The van der Waals surface area contributed by atoms with E-state index in [9.17, 15) is 9.59 Å². The lowest BCUT2D eigenvalue weighted by Gasteiger charge is -2.33. The van der Waals surface area contributed by atoms with E-state index in [2.05, 4.69) is 29.1 Å². The molecular weight excluding hydrogens is 374 g/mol. The van der Waals surface area contributed by atoms with Gasteiger partial charge in [-0.3, -0.25) is 9.59 Å². The molecule has 6 nitrogen and oxygen atoms in total. The van der Waals surface area contributed by atoms with Gasteiger partial charge < -0.3 is 15.0 Å². The normalized spacial score (nSPS) is 18.6. The lowest BCUT2D eigenvalue weighted by atomic mass is 9.76. The third-order valence-electron chi connectivity index (χ3n) is 5.01. The van der Waals surface area contributed by atoms with E-state index >= 15 is 0 Å². The van der Waals surface area contributed by atoms with Gasteiger partial charge in [-0.15, -0.1) is 0 Å². The molecule has 1 unspecified atom stereocenters. The highest BCUT2D eigenvalue weighted by Crippen LogP contribution is 2.44. The van der Waals surface area contributed by atoms with Gasteiger partial charge in [-0.2, -0.15) is 0 Å². The van der Waals surface area contributed by atoms with Crippen molar-refractivity contribution < 1.29 is 9.53 Å². The quantitative estimate of drug-likeness (QED) is 0.602. The largest absolute Gasteiger partial charge is 0.497 e. The number of anilines is 1. The van der Waals surface area contributed by atoms with Crippen LogP contribution in [0.15, 0.2) is 45.5 Å². The van der Waals surface area contributed by atoms with Gasteiger partial charge in [0.2, 0.25) is 0 Å². The number of rotatable bonds is 4. The molecule has 2 aliphatic rings. The molecule has 0 radical (unpaired) electrons. The second kappa shape index (κ2) is 7.47. The number of carbonyl (C=O) groups excluding carboxylic acids is 1. The maximum atomic E-state index is 13.1. The Morgan fingerprint density at radius 3 is 2.82 bits per heavy atom. The summed E-state index contributed by atoms with van der Waals surface area (Å²) >= 11 is 1.51. The number of carbonyl (C=O) groups is 1. The molecule has 2 aromatic rings. The molecular formula is C21H23N3O3S. The lowest BCUT2D eigenvalue weighted by Crippen LogP contribution is -2.32. The second-order valence-electron chi connectivity index (χ2n) is 7.30. The summed E-state index contributed by atoms with van der Waals surface area (Å²) < 4.78 is 5.37. The maximum Gasteiger partial charge on any atom is 0.257 e. The van der Waals surface area contributed by atoms with E-state index in [1.165, 1.54) is 11.8 Å². The minimum atomic E-state index is -0.441. The van der Waals surface area contributed by atoms with Crippen molar-refractivity contribution in [1.29, 1.82) is 0 Å². The minimum Gasteiger partial charge on any atom is -0.497 e. The monoisotopic (exact) mass is 397 g/mol. The number of fused-ring (bicyclic) bond motifs is 1. The molecule has 0 bridgehead atoms. The van der Waals surface area contributed by atoms with Crippen LogP contribution < -0.4 is 15.6 Å². The van der Waals surface area contributed by atoms with Crippen LogP contribution in [0, 0.1) is 0 Å². The summed E-state index contributed by atoms with van der Waals surface area (Å²) in [7, 11) is 1.61. The molecule has 28 heavy (non-hydrogen) atoms. The number of ketones is 1. The van der Waals surface area contributed by atoms with E-state index in [0.717, 1.165) is 24.1 Å². The van der Waals surface area contributed by atoms with Crippen LogP contribution in [0.1, 0.15) is 50.2 Å². The Kier molecular flexibility index (Phi) is 5.02. The van der Waals surface area contributed by atoms with Crippen molar-refractivity contribution in [3.8, 4) is 5.75 Å². The van der Waals surface area contributed by atoms with Crippen molar-refractivity contribution in [3.63, 3.8) is 0 Å². The zero-order valence-corrected chi connectivity index (χ0v) is 17.0. The molecule has 0 amide bonds. The third-order valence-corrected chi connectivity index (χ3v) is 5.90. The van der Waals surface area contributed by atoms with E-state index in [-0.39, 0.29) is 11.3 Å². The van der Waals surface area contributed by atoms with Crippen LogP contribution in [0.5, 0.6) is 5.75 Å². The predicted octanol–water partition coefficient (Wildman–Crippen LogP) is 3.84. The molecule has 1 aromatic heterocycles. The first-order valence-corrected chi connectivity index (χ1v) is 10.3. The van der Waals surface area contributed by atoms with Gasteiger partial charge in [0.05, 0.1) is 12.7 Å². The fourth-order valence-corrected chi connectivity index (χ4v) is 4.62. The summed E-state index contributed by atoms with van der Waals surface area (Å²) in [5.41, 5.74) is 2.72. The Labute approximate surface area is 167 Å². The highest BCUT2D eigenvalue weighted by Gasteiger charge is 2.38. The number of Topliss-reactive ketones (excluding diaryl/α,β-unsaturated/α-hetero) is 1. The van der Waals surface area contributed by atoms with Gasteiger partial charge in [0.1, 0.15) is 11.6 Å². The van der Waals surface area contributed by atoms with E-state index in [1.54, 1.807) is 7.11 Å². The molecule has 146 valence electrons. The molecule has 0 fully saturated rings. The van der Waals surface area contributed by atoms with E-state index in [4.69, 9.17) is 4.74 Å². The zero-order valence-electron chi connectivity index (χ0n) is 16.2. The van der Waals surface area contributed by atoms with E-state index < -0.39 is 5.92 Å². The SMILES string of the molecule is COc1cccc(C2C3=C(CCCC3=O)Nc3nc(SC(C)C)[nH]c(=O)c32)c1. The number of aromatic amines is 1. The number of allylic oxidation sites excluding steroid dienone is 2. The van der Waals surface area contributed by atoms with Crippen molar-refractivity contribution in [2.24, 2.45) is 0 Å². The summed E-state index contributed by atoms with van der Waals surface area (Å²) in [4.78, 5) is 33.5. The highest BCUT2D eigenvalue weighted by atomic mass is 32.2. The van der Waals surface area contributed by atoms with Crippen LogP contribution in [0.2, 0.25) is 0 Å². The summed E-state index contributed by atoms with van der Waals surface area (Å²) in [6, 6.07) is 7.57. The Hall–Kier alpha value is -2.54. The van der Waals surface area contributed by atoms with Crippen molar-refractivity contribution in [1.82, 2.24) is 9.97 Å². The van der Waals surface area contributed by atoms with E-state index in [0.29, 0.717) is 39.5 Å². The molecule has 0 saturated heterocycles. The molecule has 1 aliphatic carbocycles. The Balaban J connectivity index is 1.92. The molecule has 0 spiro atoms. The van der Waals surface area contributed by atoms with Gasteiger partial charge in [0.25, 0.3) is 5.56 Å². The number of thioether (sulfide) groups is 1. The van der Waals surface area contributed by atoms with Crippen LogP contribution in [-0.4, -0.2) is 28.1 Å². The topological polar surface area (TPSA) is 84.1 Å². The number of nitrogens with zero attached hydrogens (tertiary/aromatic N) is 1. The van der Waals surface area contributed by atoms with Gasteiger partial charge in [0, 0.05) is 28.9 Å². The lowest BCUT2D eigenvalue weighted by molar-refractivity contribution is -0.116. The van der Waals surface area contributed by atoms with Crippen molar-refractivity contribution in [2.45, 2.75) is 49.4 Å². The molecule has 4 rings (SSSR count). The number of hydrogen-bond donors (Lipinski definition) is 2. The maximum absolute atomic E-state index is 13.1. The molecule has 7 heteroatoms. The minimum absolute atomic E-state index is 0.0900. The van der Waals surface area contributed by atoms with Crippen molar-refractivity contribution >= 4 is 23.4 Å². The van der Waals surface area contributed by atoms with Crippen LogP contribution in [-0.2, 0) is 4.79 Å². The number of aromatic nitrogens is 2. The number of hydrogen-bond acceptors (Lipinski definition) is 6. The summed E-state index contributed by atoms with van der Waals surface area (Å²) in [6.45, 7) is 4.11. The third kappa shape index (κ3) is 3.35. The highest BCUT2D eigenvalue weighted by molar-refractivity contribution is 7.99. The van der Waals surface area contributed by atoms with Gasteiger partial charge in [-0.25, -0.2) is 4.98 Å². The molecule has 0 saturated carbocycles. The fourth-order valence-electron chi connectivity index (χ4n) is 3.87. The first-order valence-electron chi connectivity index (χ1n) is 9.46. The predicted molar refractivity (Wildman–Crippen MR) is 110 cm³/mol. The number of nitrogens with one attached hydrogen (secondary N) is 2. The summed E-state index contributed by atoms with van der Waals surface area (Å²) in [5.74, 6) is 0.892. The second-order valence-corrected chi connectivity index (χ2v) is 8.87. The van der Waals surface area contributed by atoms with Crippen LogP contribution in [0.25, 0.3) is 0 Å². The van der Waals surface area contributed by atoms with Gasteiger partial charge in [-0.1, -0.05) is 37.7 Å². The summed E-state index contributed by atoms with van der Waals surface area (Å²) in [5, 5.41) is 4.18. The van der Waals surface area contributed by atoms with Crippen LogP contribution in [0.3, 0.4) is 0 Å². The standard InChI is InChI=1S/C21H23N3O3S/c1-11(2)28-21-23-19-18(20(26)24-21)16(12-6-4-7-13(10-12)27-3)17-14(22-19)8-5-9-15(17)25/h4,6-7,10-11,16H,5,8-9H2,1-3H3,(H2,22,23,24,26). The van der Waals surface area contributed by atoms with Gasteiger partial charge in [0.15, 0.2) is 10.9 Å². The van der Waals surface area contributed by atoms with Crippen LogP contribution >= 0.6 is 11.8 Å². The average Bonchev–Trinajstić information content (AvgIpc) is 2.66. The average molecular weight is 398 g/mol. The Bertz CT molecular complexity index is 1030. The molecule has 2 heterocycles. The van der Waals surface area contributed by atoms with Crippen molar-refractivity contribution in [2.75, 3.05) is 12.4 Å². The van der Waals surface area contributed by atoms with Gasteiger partial charge in [-0.05, 0) is 30.5 Å². The first kappa shape index (κ1) is 18.8. The number of H-pyrrole nitrogens is 1. The zero-order chi connectivity index (χ0) is 19.8. The number of benzene rings is 1. The Morgan fingerprint density at radius 2 is 2.07 bits per heavy atom. The fraction of sp³-hybridized carbons (Fsp3) is 0.381. The van der Waals surface area contributed by atoms with E-state index in [1.807, 2.05) is 24.3 Å². The van der Waals surface area contributed by atoms with Crippen LogP contribution in [0.4, 0.5) is 5.82 Å². The first-order chi connectivity index (χ1) is 13.5. The molecule has 1 atom stereocenters. The smallest absolute Gasteiger partial charge is 0.257 e. The van der Waals surface area contributed by atoms with Gasteiger partial charge >= 0.3 is 0 Å². The molecule has 1 aliphatic heterocycles. The Morgan fingerprint density at radius 1 is 1.25 bits per heavy atom.